The maximum Gasteiger partial charge on any atom is 0.0457 e. The second-order valence-electron chi connectivity index (χ2n) is 5.97. The first-order valence-electron chi connectivity index (χ1n) is 7.79. The fourth-order valence-electron chi connectivity index (χ4n) is 3.29. The van der Waals surface area contributed by atoms with E-state index in [1.165, 1.54) is 48.8 Å². The van der Waals surface area contributed by atoms with Gasteiger partial charge >= 0.3 is 0 Å². The van der Waals surface area contributed by atoms with E-state index in [1.54, 1.807) is 0 Å². The van der Waals surface area contributed by atoms with Gasteiger partial charge in [-0.3, -0.25) is 4.90 Å². The SMILES string of the molecule is CNCCC1CCN(Cc2c[nH]c3ccccc23)CC1. The molecule has 1 aliphatic heterocycles. The lowest BCUT2D eigenvalue weighted by Gasteiger charge is -2.31. The molecule has 0 aliphatic carbocycles. The summed E-state index contributed by atoms with van der Waals surface area (Å²) in [7, 11) is 2.05. The van der Waals surface area contributed by atoms with Gasteiger partial charge in [0.1, 0.15) is 0 Å². The summed E-state index contributed by atoms with van der Waals surface area (Å²) in [6.07, 6.45) is 6.21. The maximum absolute atomic E-state index is 3.38. The first-order valence-corrected chi connectivity index (χ1v) is 7.79. The van der Waals surface area contributed by atoms with E-state index >= 15 is 0 Å². The number of nitrogens with one attached hydrogen (secondary N) is 2. The number of fused-ring (bicyclic) bond motifs is 1. The standard InChI is InChI=1S/C17H25N3/c1-18-9-6-14-7-10-20(11-8-14)13-15-12-19-17-5-3-2-4-16(15)17/h2-5,12,14,18-19H,6-11,13H2,1H3. The molecule has 0 unspecified atom stereocenters. The van der Waals surface area contributed by atoms with E-state index in [9.17, 15) is 0 Å². The van der Waals surface area contributed by atoms with Gasteiger partial charge in [0, 0.05) is 23.6 Å². The van der Waals surface area contributed by atoms with E-state index in [1.807, 2.05) is 7.05 Å². The molecule has 20 heavy (non-hydrogen) atoms. The molecule has 2 aromatic rings. The summed E-state index contributed by atoms with van der Waals surface area (Å²) in [5.74, 6) is 0.918. The van der Waals surface area contributed by atoms with Crippen molar-refractivity contribution in [2.45, 2.75) is 25.8 Å². The average Bonchev–Trinajstić information content (AvgIpc) is 2.90. The molecule has 0 spiro atoms. The topological polar surface area (TPSA) is 31.1 Å². The highest BCUT2D eigenvalue weighted by Crippen LogP contribution is 2.24. The van der Waals surface area contributed by atoms with Crippen molar-refractivity contribution in [3.8, 4) is 0 Å². The lowest BCUT2D eigenvalue weighted by atomic mass is 9.93. The van der Waals surface area contributed by atoms with Gasteiger partial charge in [0.05, 0.1) is 0 Å². The summed E-state index contributed by atoms with van der Waals surface area (Å²) in [4.78, 5) is 5.98. The zero-order chi connectivity index (χ0) is 13.8. The van der Waals surface area contributed by atoms with Gasteiger partial charge in [0.15, 0.2) is 0 Å². The van der Waals surface area contributed by atoms with Crippen LogP contribution in [0.3, 0.4) is 0 Å². The predicted octanol–water partition coefficient (Wildman–Crippen LogP) is 2.99. The molecular formula is C17H25N3. The number of rotatable bonds is 5. The predicted molar refractivity (Wildman–Crippen MR) is 84.8 cm³/mol. The third kappa shape index (κ3) is 3.05. The second-order valence-corrected chi connectivity index (χ2v) is 5.97. The fraction of sp³-hybridized carbons (Fsp3) is 0.529. The summed E-state index contributed by atoms with van der Waals surface area (Å²) in [6, 6.07) is 8.60. The Kier molecular flexibility index (Phi) is 4.38. The van der Waals surface area contributed by atoms with Crippen molar-refractivity contribution < 1.29 is 0 Å². The number of H-pyrrole nitrogens is 1. The van der Waals surface area contributed by atoms with E-state index in [2.05, 4.69) is 45.7 Å². The molecule has 3 rings (SSSR count). The molecule has 1 saturated heterocycles. The number of likely N-dealkylation sites (tertiary alicyclic amines) is 1. The molecule has 108 valence electrons. The van der Waals surface area contributed by atoms with Gasteiger partial charge in [-0.05, 0) is 63.5 Å². The first-order chi connectivity index (χ1) is 9.86. The Morgan fingerprint density at radius 2 is 2.05 bits per heavy atom. The molecule has 1 fully saturated rings. The highest BCUT2D eigenvalue weighted by Gasteiger charge is 2.19. The Morgan fingerprint density at radius 1 is 1.25 bits per heavy atom. The van der Waals surface area contributed by atoms with Crippen molar-refractivity contribution >= 4 is 10.9 Å². The molecule has 0 radical (unpaired) electrons. The van der Waals surface area contributed by atoms with Gasteiger partial charge in [0.2, 0.25) is 0 Å². The van der Waals surface area contributed by atoms with Gasteiger partial charge < -0.3 is 10.3 Å². The van der Waals surface area contributed by atoms with Crippen LogP contribution in [0.1, 0.15) is 24.8 Å². The highest BCUT2D eigenvalue weighted by molar-refractivity contribution is 5.82. The number of hydrogen-bond acceptors (Lipinski definition) is 2. The van der Waals surface area contributed by atoms with Crippen molar-refractivity contribution in [3.63, 3.8) is 0 Å². The maximum atomic E-state index is 3.38. The number of para-hydroxylation sites is 1. The minimum Gasteiger partial charge on any atom is -0.361 e. The van der Waals surface area contributed by atoms with Gasteiger partial charge in [-0.2, -0.15) is 0 Å². The van der Waals surface area contributed by atoms with Crippen molar-refractivity contribution in [1.82, 2.24) is 15.2 Å². The normalized spacial score (nSPS) is 17.9. The van der Waals surface area contributed by atoms with Crippen LogP contribution in [0, 0.1) is 5.92 Å². The third-order valence-electron chi connectivity index (χ3n) is 4.58. The molecule has 0 amide bonds. The largest absolute Gasteiger partial charge is 0.361 e. The molecule has 1 aromatic heterocycles. The number of nitrogens with zero attached hydrogens (tertiary/aromatic N) is 1. The molecule has 2 heterocycles. The number of aromatic amines is 1. The van der Waals surface area contributed by atoms with Crippen molar-refractivity contribution in [2.75, 3.05) is 26.7 Å². The Bertz CT molecular complexity index is 538. The molecule has 3 nitrogen and oxygen atoms in total. The summed E-state index contributed by atoms with van der Waals surface area (Å²) in [5, 5.41) is 4.64. The zero-order valence-corrected chi connectivity index (χ0v) is 12.4. The van der Waals surface area contributed by atoms with Gasteiger partial charge in [0.25, 0.3) is 0 Å². The smallest absolute Gasteiger partial charge is 0.0457 e. The quantitative estimate of drug-likeness (QED) is 0.876. The van der Waals surface area contributed by atoms with Crippen LogP contribution in [0.25, 0.3) is 10.9 Å². The van der Waals surface area contributed by atoms with E-state index in [0.29, 0.717) is 0 Å². The molecule has 1 aromatic carbocycles. The minimum atomic E-state index is 0.918. The van der Waals surface area contributed by atoms with Gasteiger partial charge in [-0.25, -0.2) is 0 Å². The highest BCUT2D eigenvalue weighted by atomic mass is 15.1. The molecule has 0 atom stereocenters. The molecule has 0 bridgehead atoms. The van der Waals surface area contributed by atoms with E-state index < -0.39 is 0 Å². The van der Waals surface area contributed by atoms with Gasteiger partial charge in [-0.15, -0.1) is 0 Å². The van der Waals surface area contributed by atoms with Crippen LogP contribution in [-0.2, 0) is 6.54 Å². The monoisotopic (exact) mass is 271 g/mol. The lowest BCUT2D eigenvalue weighted by molar-refractivity contribution is 0.173. The third-order valence-corrected chi connectivity index (χ3v) is 4.58. The number of piperidine rings is 1. The Morgan fingerprint density at radius 3 is 2.85 bits per heavy atom. The van der Waals surface area contributed by atoms with Crippen LogP contribution >= 0.6 is 0 Å². The van der Waals surface area contributed by atoms with E-state index in [4.69, 9.17) is 0 Å². The fourth-order valence-corrected chi connectivity index (χ4v) is 3.29. The van der Waals surface area contributed by atoms with Crippen LogP contribution in [0.4, 0.5) is 0 Å². The van der Waals surface area contributed by atoms with E-state index in [-0.39, 0.29) is 0 Å². The van der Waals surface area contributed by atoms with Gasteiger partial charge in [-0.1, -0.05) is 18.2 Å². The lowest BCUT2D eigenvalue weighted by Crippen LogP contribution is -2.34. The zero-order valence-electron chi connectivity index (χ0n) is 12.4. The minimum absolute atomic E-state index is 0.918. The summed E-state index contributed by atoms with van der Waals surface area (Å²) in [6.45, 7) is 4.73. The van der Waals surface area contributed by atoms with Crippen LogP contribution in [-0.4, -0.2) is 36.6 Å². The molecule has 3 heteroatoms. The van der Waals surface area contributed by atoms with Crippen molar-refractivity contribution in [2.24, 2.45) is 5.92 Å². The van der Waals surface area contributed by atoms with Crippen LogP contribution in [0.5, 0.6) is 0 Å². The summed E-state index contributed by atoms with van der Waals surface area (Å²) < 4.78 is 0. The Balaban J connectivity index is 1.57. The summed E-state index contributed by atoms with van der Waals surface area (Å²) >= 11 is 0. The van der Waals surface area contributed by atoms with Crippen molar-refractivity contribution in [3.05, 3.63) is 36.0 Å². The molecule has 1 aliphatic rings. The number of hydrogen-bond donors (Lipinski definition) is 2. The summed E-state index contributed by atoms with van der Waals surface area (Å²) in [5.41, 5.74) is 2.70. The Hall–Kier alpha value is -1.32. The Labute approximate surface area is 121 Å². The average molecular weight is 271 g/mol. The van der Waals surface area contributed by atoms with Crippen LogP contribution < -0.4 is 5.32 Å². The molecular weight excluding hydrogens is 246 g/mol. The second kappa shape index (κ2) is 6.42. The number of benzene rings is 1. The van der Waals surface area contributed by atoms with E-state index in [0.717, 1.165) is 19.0 Å². The first kappa shape index (κ1) is 13.7. The van der Waals surface area contributed by atoms with Crippen LogP contribution in [0.15, 0.2) is 30.5 Å². The van der Waals surface area contributed by atoms with Crippen molar-refractivity contribution in [1.29, 1.82) is 0 Å². The number of aromatic nitrogens is 1. The van der Waals surface area contributed by atoms with Crippen LogP contribution in [0.2, 0.25) is 0 Å². The molecule has 0 saturated carbocycles. The molecule has 2 N–H and O–H groups in total.